The Morgan fingerprint density at radius 3 is 2.56 bits per heavy atom. The Hall–Kier alpha value is -1.62. The first-order chi connectivity index (χ1) is 8.22. The van der Waals surface area contributed by atoms with Crippen molar-refractivity contribution in [1.82, 2.24) is 0 Å². The zero-order chi connectivity index (χ0) is 13.9. The van der Waals surface area contributed by atoms with Crippen LogP contribution < -0.4 is 4.74 Å². The molecule has 1 aromatic rings. The molecule has 0 amide bonds. The number of carboxylic acids is 1. The van der Waals surface area contributed by atoms with Gasteiger partial charge in [0.15, 0.2) is 0 Å². The van der Waals surface area contributed by atoms with Crippen molar-refractivity contribution in [2.75, 3.05) is 6.61 Å². The number of benzene rings is 1. The number of halogens is 1. The maximum absolute atomic E-state index is 13.2. The van der Waals surface area contributed by atoms with E-state index in [0.29, 0.717) is 0 Å². The molecule has 0 aromatic heterocycles. The van der Waals surface area contributed by atoms with Gasteiger partial charge >= 0.3 is 5.97 Å². The monoisotopic (exact) mass is 256 g/mol. The van der Waals surface area contributed by atoms with Gasteiger partial charge in [0.2, 0.25) is 0 Å². The van der Waals surface area contributed by atoms with Crippen LogP contribution in [0.5, 0.6) is 5.75 Å². The molecule has 0 bridgehead atoms. The van der Waals surface area contributed by atoms with Crippen molar-refractivity contribution < 1.29 is 24.1 Å². The van der Waals surface area contributed by atoms with Gasteiger partial charge in [0.05, 0.1) is 11.2 Å². The first-order valence-corrected chi connectivity index (χ1v) is 5.61. The van der Waals surface area contributed by atoms with Gasteiger partial charge in [-0.3, -0.25) is 0 Å². The van der Waals surface area contributed by atoms with Gasteiger partial charge in [-0.2, -0.15) is 0 Å². The molecule has 4 nitrogen and oxygen atoms in total. The summed E-state index contributed by atoms with van der Waals surface area (Å²) in [7, 11) is 0. The van der Waals surface area contributed by atoms with Crippen LogP contribution in [0.25, 0.3) is 0 Å². The first kappa shape index (κ1) is 14.4. The number of aliphatic hydroxyl groups is 1. The van der Waals surface area contributed by atoms with Gasteiger partial charge in [-0.25, -0.2) is 9.18 Å². The number of aromatic carboxylic acids is 1. The summed E-state index contributed by atoms with van der Waals surface area (Å²) < 4.78 is 18.4. The second-order valence-electron chi connectivity index (χ2n) is 4.78. The van der Waals surface area contributed by atoms with E-state index < -0.39 is 17.4 Å². The molecule has 1 aromatic carbocycles. The zero-order valence-corrected chi connectivity index (χ0v) is 10.6. The molecule has 0 radical (unpaired) electrons. The van der Waals surface area contributed by atoms with Gasteiger partial charge in [-0.05, 0) is 25.0 Å². The summed E-state index contributed by atoms with van der Waals surface area (Å²) in [5.74, 6) is -1.86. The summed E-state index contributed by atoms with van der Waals surface area (Å²) in [6.45, 7) is 5.23. The van der Waals surface area contributed by atoms with Crippen LogP contribution in [0, 0.1) is 11.7 Å². The van der Waals surface area contributed by atoms with Crippen LogP contribution in [-0.4, -0.2) is 28.4 Å². The average Bonchev–Trinajstić information content (AvgIpc) is 2.25. The van der Waals surface area contributed by atoms with E-state index in [0.717, 1.165) is 12.1 Å². The Morgan fingerprint density at radius 2 is 2.06 bits per heavy atom. The van der Waals surface area contributed by atoms with E-state index in [1.807, 2.05) is 13.8 Å². The van der Waals surface area contributed by atoms with Crippen LogP contribution >= 0.6 is 0 Å². The zero-order valence-electron chi connectivity index (χ0n) is 10.6. The molecular weight excluding hydrogens is 239 g/mol. The summed E-state index contributed by atoms with van der Waals surface area (Å²) in [5, 5.41) is 18.7. The van der Waals surface area contributed by atoms with E-state index in [2.05, 4.69) is 0 Å². The highest BCUT2D eigenvalue weighted by molar-refractivity contribution is 5.88. The standard InChI is InChI=1S/C13H17FO4/c1-8(2)13(3,17)7-18-11-5-9(12(15)16)4-10(14)6-11/h4-6,8,17H,7H2,1-3H3,(H,15,16). The predicted octanol–water partition coefficient (Wildman–Crippen LogP) is 2.31. The molecule has 1 atom stereocenters. The summed E-state index contributed by atoms with van der Waals surface area (Å²) in [4.78, 5) is 10.7. The lowest BCUT2D eigenvalue weighted by atomic mass is 9.94. The van der Waals surface area contributed by atoms with E-state index in [-0.39, 0.29) is 23.8 Å². The highest BCUT2D eigenvalue weighted by Gasteiger charge is 2.26. The Balaban J connectivity index is 2.83. The predicted molar refractivity (Wildman–Crippen MR) is 64.3 cm³/mol. The quantitative estimate of drug-likeness (QED) is 0.848. The highest BCUT2D eigenvalue weighted by Crippen LogP contribution is 2.21. The summed E-state index contributed by atoms with van der Waals surface area (Å²) in [5.41, 5.74) is -1.25. The Morgan fingerprint density at radius 1 is 1.44 bits per heavy atom. The third kappa shape index (κ3) is 3.70. The van der Waals surface area contributed by atoms with Crippen molar-refractivity contribution in [3.63, 3.8) is 0 Å². The molecule has 0 heterocycles. The minimum Gasteiger partial charge on any atom is -0.490 e. The molecule has 2 N–H and O–H groups in total. The molecule has 18 heavy (non-hydrogen) atoms. The van der Waals surface area contributed by atoms with Crippen molar-refractivity contribution in [3.05, 3.63) is 29.6 Å². The van der Waals surface area contributed by atoms with Crippen LogP contribution in [0.2, 0.25) is 0 Å². The summed E-state index contributed by atoms with van der Waals surface area (Å²) >= 11 is 0. The van der Waals surface area contributed by atoms with Gasteiger partial charge in [-0.1, -0.05) is 13.8 Å². The second-order valence-corrected chi connectivity index (χ2v) is 4.78. The third-order valence-electron chi connectivity index (χ3n) is 2.89. The van der Waals surface area contributed by atoms with Crippen LogP contribution in [0.1, 0.15) is 31.1 Å². The van der Waals surface area contributed by atoms with Crippen molar-refractivity contribution in [1.29, 1.82) is 0 Å². The number of rotatable bonds is 5. The average molecular weight is 256 g/mol. The van der Waals surface area contributed by atoms with Crippen molar-refractivity contribution in [2.24, 2.45) is 5.92 Å². The number of ether oxygens (including phenoxy) is 1. The molecule has 0 aliphatic heterocycles. The van der Waals surface area contributed by atoms with Crippen LogP contribution in [0.15, 0.2) is 18.2 Å². The fourth-order valence-corrected chi connectivity index (χ4v) is 1.17. The maximum Gasteiger partial charge on any atom is 0.335 e. The fraction of sp³-hybridized carbons (Fsp3) is 0.462. The topological polar surface area (TPSA) is 66.8 Å². The molecule has 1 rings (SSSR count). The second kappa shape index (κ2) is 5.35. The summed E-state index contributed by atoms with van der Waals surface area (Å²) in [6, 6.07) is 3.22. The summed E-state index contributed by atoms with van der Waals surface area (Å²) in [6.07, 6.45) is 0. The van der Waals surface area contributed by atoms with E-state index in [1.54, 1.807) is 6.92 Å². The SMILES string of the molecule is CC(C)C(C)(O)COc1cc(F)cc(C(=O)O)c1. The van der Waals surface area contributed by atoms with Gasteiger partial charge in [0.25, 0.3) is 0 Å². The molecule has 0 saturated heterocycles. The van der Waals surface area contributed by atoms with Gasteiger partial charge in [0.1, 0.15) is 18.2 Å². The van der Waals surface area contributed by atoms with Gasteiger partial charge in [-0.15, -0.1) is 0 Å². The lowest BCUT2D eigenvalue weighted by Crippen LogP contribution is -2.37. The first-order valence-electron chi connectivity index (χ1n) is 5.61. The number of hydrogen-bond donors (Lipinski definition) is 2. The molecule has 5 heteroatoms. The Kier molecular flexibility index (Phi) is 4.29. The van der Waals surface area contributed by atoms with E-state index in [4.69, 9.17) is 9.84 Å². The van der Waals surface area contributed by atoms with Gasteiger partial charge in [0, 0.05) is 6.07 Å². The molecule has 0 aliphatic carbocycles. The molecular formula is C13H17FO4. The molecule has 0 saturated carbocycles. The minimum atomic E-state index is -1.23. The largest absolute Gasteiger partial charge is 0.490 e. The minimum absolute atomic E-state index is 0.0345. The molecule has 1 unspecified atom stereocenters. The number of hydrogen-bond acceptors (Lipinski definition) is 3. The maximum atomic E-state index is 13.2. The normalized spacial score (nSPS) is 14.3. The lowest BCUT2D eigenvalue weighted by Gasteiger charge is -2.27. The lowest BCUT2D eigenvalue weighted by molar-refractivity contribution is -0.0267. The van der Waals surface area contributed by atoms with Crippen molar-refractivity contribution >= 4 is 5.97 Å². The highest BCUT2D eigenvalue weighted by atomic mass is 19.1. The fourth-order valence-electron chi connectivity index (χ4n) is 1.17. The molecule has 0 fully saturated rings. The van der Waals surface area contributed by atoms with E-state index >= 15 is 0 Å². The van der Waals surface area contributed by atoms with Crippen molar-refractivity contribution in [3.8, 4) is 5.75 Å². The van der Waals surface area contributed by atoms with Crippen LogP contribution in [0.3, 0.4) is 0 Å². The molecule has 100 valence electrons. The molecule has 0 spiro atoms. The molecule has 0 aliphatic rings. The number of carbonyl (C=O) groups is 1. The third-order valence-corrected chi connectivity index (χ3v) is 2.89. The Labute approximate surface area is 105 Å². The number of carboxylic acid groups (broad SMARTS) is 1. The van der Waals surface area contributed by atoms with E-state index in [9.17, 15) is 14.3 Å². The van der Waals surface area contributed by atoms with Gasteiger partial charge < -0.3 is 14.9 Å². The van der Waals surface area contributed by atoms with Crippen LogP contribution in [-0.2, 0) is 0 Å². The smallest absolute Gasteiger partial charge is 0.335 e. The Bertz CT molecular complexity index is 441. The van der Waals surface area contributed by atoms with E-state index in [1.165, 1.54) is 6.07 Å². The van der Waals surface area contributed by atoms with Crippen LogP contribution in [0.4, 0.5) is 4.39 Å². The van der Waals surface area contributed by atoms with Crippen molar-refractivity contribution in [2.45, 2.75) is 26.4 Å².